The van der Waals surface area contributed by atoms with Gasteiger partial charge in [0, 0.05) is 33.7 Å². The van der Waals surface area contributed by atoms with Gasteiger partial charge in [-0.15, -0.1) is 11.3 Å². The van der Waals surface area contributed by atoms with Gasteiger partial charge in [-0.25, -0.2) is 0 Å². The van der Waals surface area contributed by atoms with E-state index in [4.69, 9.17) is 17.3 Å². The van der Waals surface area contributed by atoms with E-state index < -0.39 is 0 Å². The maximum atomic E-state index is 12.4. The minimum Gasteiger partial charge on any atom is -0.397 e. The first-order valence-corrected chi connectivity index (χ1v) is 8.19. The summed E-state index contributed by atoms with van der Waals surface area (Å²) >= 11 is 7.33. The fourth-order valence-electron chi connectivity index (χ4n) is 2.94. The number of hydrogen-bond donors (Lipinski definition) is 3. The summed E-state index contributed by atoms with van der Waals surface area (Å²) in [4.78, 5) is 13.0. The van der Waals surface area contributed by atoms with Gasteiger partial charge in [-0.2, -0.15) is 0 Å². The van der Waals surface area contributed by atoms with Crippen molar-refractivity contribution in [1.29, 1.82) is 0 Å². The van der Waals surface area contributed by atoms with Crippen molar-refractivity contribution in [3.63, 3.8) is 0 Å². The molecule has 6 heteroatoms. The molecule has 21 heavy (non-hydrogen) atoms. The Morgan fingerprint density at radius 2 is 2.29 bits per heavy atom. The third kappa shape index (κ3) is 2.73. The fraction of sp³-hybridized carbons (Fsp3) is 0.400. The first-order valence-electron chi connectivity index (χ1n) is 6.99. The van der Waals surface area contributed by atoms with Crippen molar-refractivity contribution in [3.05, 3.63) is 28.1 Å². The van der Waals surface area contributed by atoms with E-state index in [2.05, 4.69) is 5.32 Å². The molecule has 0 spiro atoms. The Morgan fingerprint density at radius 1 is 1.48 bits per heavy atom. The van der Waals surface area contributed by atoms with E-state index in [0.717, 1.165) is 29.3 Å². The number of carbonyl (C=O) groups excluding carboxylic acids is 1. The molecule has 0 bridgehead atoms. The quantitative estimate of drug-likeness (QED) is 0.812. The second-order valence-electron chi connectivity index (χ2n) is 5.44. The van der Waals surface area contributed by atoms with Crippen LogP contribution in [0.5, 0.6) is 0 Å². The number of nitrogens with two attached hydrogens (primary N) is 1. The molecule has 1 aromatic carbocycles. The largest absolute Gasteiger partial charge is 0.397 e. The van der Waals surface area contributed by atoms with Crippen LogP contribution in [0.25, 0.3) is 10.1 Å². The molecule has 4 N–H and O–H groups in total. The number of fused-ring (bicyclic) bond motifs is 1. The van der Waals surface area contributed by atoms with Crippen molar-refractivity contribution in [2.45, 2.75) is 25.3 Å². The summed E-state index contributed by atoms with van der Waals surface area (Å²) in [7, 11) is 0. The summed E-state index contributed by atoms with van der Waals surface area (Å²) in [6.07, 6.45) is 2.90. The molecule has 1 aromatic heterocycles. The van der Waals surface area contributed by atoms with E-state index in [1.54, 1.807) is 6.07 Å². The Kier molecular flexibility index (Phi) is 4.06. The Labute approximate surface area is 131 Å². The van der Waals surface area contributed by atoms with Gasteiger partial charge in [-0.05, 0) is 31.0 Å². The van der Waals surface area contributed by atoms with Gasteiger partial charge in [0.15, 0.2) is 0 Å². The summed E-state index contributed by atoms with van der Waals surface area (Å²) < 4.78 is 0.912. The van der Waals surface area contributed by atoms with Crippen molar-refractivity contribution in [2.75, 3.05) is 12.3 Å². The van der Waals surface area contributed by atoms with Gasteiger partial charge >= 0.3 is 0 Å². The van der Waals surface area contributed by atoms with Crippen LogP contribution in [0.4, 0.5) is 5.69 Å². The second kappa shape index (κ2) is 5.83. The second-order valence-corrected chi connectivity index (χ2v) is 6.93. The third-order valence-electron chi connectivity index (χ3n) is 4.11. The van der Waals surface area contributed by atoms with Crippen molar-refractivity contribution < 1.29 is 9.90 Å². The minimum atomic E-state index is -0.157. The molecule has 1 amide bonds. The summed E-state index contributed by atoms with van der Waals surface area (Å²) in [6.45, 7) is 0.114. The molecule has 2 aromatic rings. The van der Waals surface area contributed by atoms with Crippen LogP contribution in [-0.2, 0) is 0 Å². The number of aliphatic hydroxyl groups excluding tert-OH is 1. The number of carbonyl (C=O) groups is 1. The smallest absolute Gasteiger partial charge is 0.263 e. The van der Waals surface area contributed by atoms with E-state index in [-0.39, 0.29) is 24.5 Å². The zero-order chi connectivity index (χ0) is 15.0. The van der Waals surface area contributed by atoms with E-state index >= 15 is 0 Å². The SMILES string of the molecule is Nc1c(C(=O)NC2CCCC2CO)sc2cc(Cl)ccc12. The normalized spacial score (nSPS) is 21.8. The molecule has 112 valence electrons. The molecule has 2 atom stereocenters. The molecule has 1 saturated carbocycles. The zero-order valence-corrected chi connectivity index (χ0v) is 13.0. The average molecular weight is 325 g/mol. The molecular formula is C15H17ClN2O2S. The van der Waals surface area contributed by atoms with Gasteiger partial charge in [0.05, 0.1) is 5.69 Å². The summed E-state index contributed by atoms with van der Waals surface area (Å²) in [5.74, 6) is -0.00540. The monoisotopic (exact) mass is 324 g/mol. The number of rotatable bonds is 3. The highest BCUT2D eigenvalue weighted by Gasteiger charge is 2.29. The minimum absolute atomic E-state index is 0.0377. The van der Waals surface area contributed by atoms with Crippen LogP contribution in [-0.4, -0.2) is 23.7 Å². The first kappa shape index (κ1) is 14.6. The Morgan fingerprint density at radius 3 is 3.05 bits per heavy atom. The van der Waals surface area contributed by atoms with Crippen LogP contribution < -0.4 is 11.1 Å². The number of hydrogen-bond acceptors (Lipinski definition) is 4. The van der Waals surface area contributed by atoms with Crippen molar-refractivity contribution >= 4 is 44.6 Å². The molecule has 0 aliphatic heterocycles. The fourth-order valence-corrected chi connectivity index (χ4v) is 4.24. The molecule has 0 radical (unpaired) electrons. The summed E-state index contributed by atoms with van der Waals surface area (Å²) in [5, 5.41) is 13.8. The standard InChI is InChI=1S/C15H17ClN2O2S/c16-9-4-5-10-12(6-9)21-14(13(10)17)15(20)18-11-3-1-2-8(11)7-19/h4-6,8,11,19H,1-3,7,17H2,(H,18,20). The number of benzene rings is 1. The number of nitrogen functional groups attached to an aromatic ring is 1. The van der Waals surface area contributed by atoms with E-state index in [0.29, 0.717) is 15.6 Å². The van der Waals surface area contributed by atoms with Gasteiger partial charge in [-0.1, -0.05) is 18.0 Å². The Bertz CT molecular complexity index is 686. The highest BCUT2D eigenvalue weighted by molar-refractivity contribution is 7.21. The van der Waals surface area contributed by atoms with E-state index in [1.807, 2.05) is 12.1 Å². The van der Waals surface area contributed by atoms with Gasteiger partial charge in [0.25, 0.3) is 5.91 Å². The summed E-state index contributed by atoms with van der Waals surface area (Å²) in [6, 6.07) is 5.47. The highest BCUT2D eigenvalue weighted by Crippen LogP contribution is 2.35. The topological polar surface area (TPSA) is 75.4 Å². The predicted molar refractivity (Wildman–Crippen MR) is 86.9 cm³/mol. The lowest BCUT2D eigenvalue weighted by molar-refractivity contribution is 0.0921. The average Bonchev–Trinajstić information content (AvgIpc) is 3.03. The first-order chi connectivity index (χ1) is 10.1. The van der Waals surface area contributed by atoms with Crippen molar-refractivity contribution in [3.8, 4) is 0 Å². The number of aliphatic hydroxyl groups is 1. The molecule has 1 fully saturated rings. The van der Waals surface area contributed by atoms with Crippen LogP contribution in [0.2, 0.25) is 5.02 Å². The molecule has 1 aliphatic rings. The van der Waals surface area contributed by atoms with E-state index in [1.165, 1.54) is 11.3 Å². The van der Waals surface area contributed by atoms with Crippen LogP contribution in [0.1, 0.15) is 28.9 Å². The van der Waals surface area contributed by atoms with Crippen LogP contribution >= 0.6 is 22.9 Å². The number of nitrogens with one attached hydrogen (secondary N) is 1. The molecule has 0 saturated heterocycles. The Hall–Kier alpha value is -1.30. The maximum Gasteiger partial charge on any atom is 0.263 e. The third-order valence-corrected chi connectivity index (χ3v) is 5.51. The molecule has 3 rings (SSSR count). The van der Waals surface area contributed by atoms with Gasteiger partial charge in [-0.3, -0.25) is 4.79 Å². The molecular weight excluding hydrogens is 308 g/mol. The lowest BCUT2D eigenvalue weighted by Gasteiger charge is -2.18. The molecule has 1 heterocycles. The maximum absolute atomic E-state index is 12.4. The predicted octanol–water partition coefficient (Wildman–Crippen LogP) is 3.03. The van der Waals surface area contributed by atoms with Crippen molar-refractivity contribution in [2.24, 2.45) is 5.92 Å². The number of amides is 1. The molecule has 1 aliphatic carbocycles. The lowest BCUT2D eigenvalue weighted by atomic mass is 10.1. The van der Waals surface area contributed by atoms with Crippen molar-refractivity contribution in [1.82, 2.24) is 5.32 Å². The Balaban J connectivity index is 1.86. The van der Waals surface area contributed by atoms with Crippen LogP contribution in [0.3, 0.4) is 0 Å². The van der Waals surface area contributed by atoms with Gasteiger partial charge < -0.3 is 16.2 Å². The lowest BCUT2D eigenvalue weighted by Crippen LogP contribution is -2.38. The van der Waals surface area contributed by atoms with Gasteiger partial charge in [0.2, 0.25) is 0 Å². The zero-order valence-electron chi connectivity index (χ0n) is 11.4. The van der Waals surface area contributed by atoms with Crippen LogP contribution in [0, 0.1) is 5.92 Å². The highest BCUT2D eigenvalue weighted by atomic mass is 35.5. The van der Waals surface area contributed by atoms with E-state index in [9.17, 15) is 9.90 Å². The number of anilines is 1. The molecule has 2 unspecified atom stereocenters. The van der Waals surface area contributed by atoms with Crippen LogP contribution in [0.15, 0.2) is 18.2 Å². The number of thiophene rings is 1. The van der Waals surface area contributed by atoms with Gasteiger partial charge in [0.1, 0.15) is 4.88 Å². The summed E-state index contributed by atoms with van der Waals surface area (Å²) in [5.41, 5.74) is 6.59. The number of halogens is 1. The molecule has 4 nitrogen and oxygen atoms in total.